The lowest BCUT2D eigenvalue weighted by atomic mass is 9.96. The van der Waals surface area contributed by atoms with Crippen LogP contribution in [0.5, 0.6) is 5.75 Å². The first-order valence-corrected chi connectivity index (χ1v) is 9.22. The van der Waals surface area contributed by atoms with Crippen molar-refractivity contribution >= 4 is 11.9 Å². The molecule has 1 aromatic carbocycles. The van der Waals surface area contributed by atoms with E-state index in [4.69, 9.17) is 9.84 Å². The van der Waals surface area contributed by atoms with E-state index < -0.39 is 5.97 Å². The Morgan fingerprint density at radius 1 is 1.26 bits per heavy atom. The summed E-state index contributed by atoms with van der Waals surface area (Å²) >= 11 is 0. The van der Waals surface area contributed by atoms with E-state index >= 15 is 0 Å². The van der Waals surface area contributed by atoms with Gasteiger partial charge in [0.25, 0.3) is 5.91 Å². The molecule has 1 amide bonds. The Morgan fingerprint density at radius 2 is 2.11 bits per heavy atom. The zero-order valence-electron chi connectivity index (χ0n) is 15.4. The van der Waals surface area contributed by atoms with Crippen molar-refractivity contribution in [3.05, 3.63) is 48.2 Å². The number of carbonyl (C=O) groups is 2. The molecule has 3 rings (SSSR count). The zero-order valence-corrected chi connectivity index (χ0v) is 15.4. The van der Waals surface area contributed by atoms with Crippen molar-refractivity contribution in [1.29, 1.82) is 0 Å². The van der Waals surface area contributed by atoms with Gasteiger partial charge in [0.15, 0.2) is 0 Å². The van der Waals surface area contributed by atoms with Crippen LogP contribution in [0.3, 0.4) is 0 Å². The standard InChI is InChI=1S/C21H24N2O4/c1-27-19-10-8-15(14-17(19)18-7-2-4-12-22-18)21(26)23-13-5-3-6-16(23)9-11-20(24)25/h2,4,7-8,10,12,14,16H,3,5-6,9,11,13H2,1H3,(H,24,25). The number of methoxy groups -OCH3 is 1. The predicted molar refractivity (Wildman–Crippen MR) is 102 cm³/mol. The maximum Gasteiger partial charge on any atom is 0.303 e. The number of amides is 1. The highest BCUT2D eigenvalue weighted by molar-refractivity contribution is 5.96. The molecule has 6 nitrogen and oxygen atoms in total. The van der Waals surface area contributed by atoms with E-state index in [0.29, 0.717) is 24.3 Å². The van der Waals surface area contributed by atoms with E-state index in [1.807, 2.05) is 29.2 Å². The highest BCUT2D eigenvalue weighted by Gasteiger charge is 2.28. The number of rotatable bonds is 6. The first kappa shape index (κ1) is 18.9. The van der Waals surface area contributed by atoms with Gasteiger partial charge >= 0.3 is 5.97 Å². The summed E-state index contributed by atoms with van der Waals surface area (Å²) in [5, 5.41) is 8.98. The third kappa shape index (κ3) is 4.45. The van der Waals surface area contributed by atoms with Crippen LogP contribution in [0, 0.1) is 0 Å². The number of likely N-dealkylation sites (tertiary alicyclic amines) is 1. The molecule has 1 N–H and O–H groups in total. The molecule has 0 aliphatic carbocycles. The molecule has 1 saturated heterocycles. The van der Waals surface area contributed by atoms with Crippen molar-refractivity contribution in [3.63, 3.8) is 0 Å². The molecule has 1 aliphatic heterocycles. The number of carbonyl (C=O) groups excluding carboxylic acids is 1. The van der Waals surface area contributed by atoms with Crippen LogP contribution in [0.1, 0.15) is 42.5 Å². The number of aliphatic carboxylic acids is 1. The SMILES string of the molecule is COc1ccc(C(=O)N2CCCCC2CCC(=O)O)cc1-c1ccccn1. The third-order valence-corrected chi connectivity index (χ3v) is 4.97. The number of aromatic nitrogens is 1. The van der Waals surface area contributed by atoms with Crippen LogP contribution in [0.25, 0.3) is 11.3 Å². The molecule has 1 fully saturated rings. The largest absolute Gasteiger partial charge is 0.496 e. The molecular formula is C21H24N2O4. The minimum atomic E-state index is -0.824. The van der Waals surface area contributed by atoms with Gasteiger partial charge < -0.3 is 14.7 Å². The molecule has 0 saturated carbocycles. The second kappa shape index (κ2) is 8.66. The number of carboxylic acids is 1. The van der Waals surface area contributed by atoms with Crippen LogP contribution in [-0.4, -0.2) is 46.6 Å². The Bertz CT molecular complexity index is 807. The molecule has 0 bridgehead atoms. The van der Waals surface area contributed by atoms with Crippen molar-refractivity contribution in [1.82, 2.24) is 9.88 Å². The number of piperidine rings is 1. The molecule has 27 heavy (non-hydrogen) atoms. The number of hydrogen-bond donors (Lipinski definition) is 1. The third-order valence-electron chi connectivity index (χ3n) is 4.97. The van der Waals surface area contributed by atoms with E-state index in [2.05, 4.69) is 4.98 Å². The lowest BCUT2D eigenvalue weighted by molar-refractivity contribution is -0.137. The van der Waals surface area contributed by atoms with Gasteiger partial charge in [0.05, 0.1) is 12.8 Å². The lowest BCUT2D eigenvalue weighted by Crippen LogP contribution is -2.44. The molecule has 6 heteroatoms. The number of benzene rings is 1. The summed E-state index contributed by atoms with van der Waals surface area (Å²) in [6.45, 7) is 0.661. The van der Waals surface area contributed by atoms with Gasteiger partial charge in [-0.25, -0.2) is 0 Å². The van der Waals surface area contributed by atoms with Crippen LogP contribution in [0.15, 0.2) is 42.6 Å². The van der Waals surface area contributed by atoms with Crippen LogP contribution in [0.2, 0.25) is 0 Å². The number of nitrogens with zero attached hydrogens (tertiary/aromatic N) is 2. The Hall–Kier alpha value is -2.89. The van der Waals surface area contributed by atoms with Gasteiger partial charge in [-0.15, -0.1) is 0 Å². The topological polar surface area (TPSA) is 79.7 Å². The predicted octanol–water partition coefficient (Wildman–Crippen LogP) is 3.62. The van der Waals surface area contributed by atoms with Gasteiger partial charge in [-0.1, -0.05) is 6.07 Å². The minimum Gasteiger partial charge on any atom is -0.496 e. The van der Waals surface area contributed by atoms with Gasteiger partial charge in [-0.2, -0.15) is 0 Å². The fourth-order valence-corrected chi connectivity index (χ4v) is 3.59. The highest BCUT2D eigenvalue weighted by atomic mass is 16.5. The van der Waals surface area contributed by atoms with Crippen LogP contribution >= 0.6 is 0 Å². The summed E-state index contributed by atoms with van der Waals surface area (Å²) < 4.78 is 5.44. The lowest BCUT2D eigenvalue weighted by Gasteiger charge is -2.36. The normalized spacial score (nSPS) is 16.8. The summed E-state index contributed by atoms with van der Waals surface area (Å²) in [6, 6.07) is 10.9. The average molecular weight is 368 g/mol. The van der Waals surface area contributed by atoms with Crippen LogP contribution < -0.4 is 4.74 Å². The minimum absolute atomic E-state index is 0.0252. The molecule has 1 aliphatic rings. The fraction of sp³-hybridized carbons (Fsp3) is 0.381. The molecule has 1 atom stereocenters. The zero-order chi connectivity index (χ0) is 19.2. The molecule has 2 heterocycles. The second-order valence-corrected chi connectivity index (χ2v) is 6.71. The van der Waals surface area contributed by atoms with Gasteiger partial charge in [0, 0.05) is 36.3 Å². The summed E-state index contributed by atoms with van der Waals surface area (Å²) in [7, 11) is 1.59. The van der Waals surface area contributed by atoms with Crippen molar-refractivity contribution in [2.45, 2.75) is 38.1 Å². The molecular weight excluding hydrogens is 344 g/mol. The van der Waals surface area contributed by atoms with Gasteiger partial charge in [0.1, 0.15) is 5.75 Å². The van der Waals surface area contributed by atoms with E-state index in [1.54, 1.807) is 25.4 Å². The van der Waals surface area contributed by atoms with E-state index in [0.717, 1.165) is 30.5 Å². The smallest absolute Gasteiger partial charge is 0.303 e. The number of pyridine rings is 1. The summed E-state index contributed by atoms with van der Waals surface area (Å²) in [5.41, 5.74) is 2.08. The van der Waals surface area contributed by atoms with E-state index in [-0.39, 0.29) is 18.4 Å². The molecule has 1 unspecified atom stereocenters. The maximum atomic E-state index is 13.2. The van der Waals surface area contributed by atoms with Crippen molar-refractivity contribution in [3.8, 4) is 17.0 Å². The highest BCUT2D eigenvalue weighted by Crippen LogP contribution is 2.31. The summed E-state index contributed by atoms with van der Waals surface area (Å²) in [4.78, 5) is 30.3. The van der Waals surface area contributed by atoms with Crippen molar-refractivity contribution < 1.29 is 19.4 Å². The second-order valence-electron chi connectivity index (χ2n) is 6.71. The first-order chi connectivity index (χ1) is 13.1. The van der Waals surface area contributed by atoms with Gasteiger partial charge in [-0.3, -0.25) is 14.6 Å². The average Bonchev–Trinajstić information content (AvgIpc) is 2.72. The van der Waals surface area contributed by atoms with Crippen LogP contribution in [-0.2, 0) is 4.79 Å². The molecule has 0 radical (unpaired) electrons. The monoisotopic (exact) mass is 368 g/mol. The van der Waals surface area contributed by atoms with Crippen molar-refractivity contribution in [2.24, 2.45) is 0 Å². The Labute approximate surface area is 158 Å². The van der Waals surface area contributed by atoms with Gasteiger partial charge in [-0.05, 0) is 56.0 Å². The molecule has 1 aromatic heterocycles. The van der Waals surface area contributed by atoms with Gasteiger partial charge in [0.2, 0.25) is 0 Å². The molecule has 0 spiro atoms. The number of hydrogen-bond acceptors (Lipinski definition) is 4. The summed E-state index contributed by atoms with van der Waals surface area (Å²) in [6.07, 6.45) is 5.09. The first-order valence-electron chi connectivity index (χ1n) is 9.22. The number of carboxylic acid groups (broad SMARTS) is 1. The van der Waals surface area contributed by atoms with E-state index in [1.165, 1.54) is 0 Å². The Balaban J connectivity index is 1.88. The Morgan fingerprint density at radius 3 is 2.81 bits per heavy atom. The summed E-state index contributed by atoms with van der Waals surface area (Å²) in [5.74, 6) is -0.230. The maximum absolute atomic E-state index is 13.2. The number of ether oxygens (including phenoxy) is 1. The van der Waals surface area contributed by atoms with Crippen LogP contribution in [0.4, 0.5) is 0 Å². The molecule has 142 valence electrons. The Kier molecular flexibility index (Phi) is 6.06. The fourth-order valence-electron chi connectivity index (χ4n) is 3.59. The van der Waals surface area contributed by atoms with Crippen molar-refractivity contribution in [2.75, 3.05) is 13.7 Å². The quantitative estimate of drug-likeness (QED) is 0.842. The van der Waals surface area contributed by atoms with E-state index in [9.17, 15) is 9.59 Å². The molecule has 2 aromatic rings.